The van der Waals surface area contributed by atoms with Crippen LogP contribution in [0.4, 0.5) is 0 Å². The number of pyridine rings is 6. The molecule has 27 aromatic rings. The van der Waals surface area contributed by atoms with E-state index in [0.29, 0.717) is 23.3 Å². The Morgan fingerprint density at radius 2 is 0.419 bits per heavy atom. The standard InChI is InChI=1S/C40H24N2S.C38H22N4S.C37H21N5S/c1-3-13-25(14-4-1)33-23-27(24-34(41-33)26-15-5-2-6-16-26)38-30-19-9-8-18-29(30)37-39(42-38)31-20-10-7-17-28(31)36-32-21-11-12-22-35(32)43-40(36)37;1-3-13-23(14-4-1)36-40-37(24-15-5-2-6-16-24)42-38(41-36)34-28-20-10-8-18-26(28)32-33(39-34)27-19-9-7-17-25(27)31-29-21-11-12-22-30(29)43-35(31)32;1-4-10-27-24(7-1)32-28-11-5-6-12-31(28)43-36(32)33-25-8-2-3-9-26(25)34(42-35(27)33)30-21-29(22-13-17-38-18-14-22)40-37(41-30)23-15-19-39-20-16-23/h1-24H;1-22H;1-21H. The molecule has 11 heterocycles. The van der Waals surface area contributed by atoms with Crippen molar-refractivity contribution in [2.24, 2.45) is 0 Å². The first-order valence-electron chi connectivity index (χ1n) is 42.8. The molecule has 0 aliphatic heterocycles. The normalized spacial score (nSPS) is 11.7. The van der Waals surface area contributed by atoms with E-state index in [2.05, 4.69) is 289 Å². The van der Waals surface area contributed by atoms with Gasteiger partial charge in [-0.05, 0) is 93.0 Å². The molecule has 0 unspecified atom stereocenters. The topological polar surface area (TPSA) is 142 Å². The monoisotopic (exact) mass is 1700 g/mol. The lowest BCUT2D eigenvalue weighted by Gasteiger charge is -2.15. The molecule has 16 aromatic carbocycles. The van der Waals surface area contributed by atoms with Gasteiger partial charge >= 0.3 is 0 Å². The molecule has 0 amide bonds. The van der Waals surface area contributed by atoms with Crippen molar-refractivity contribution in [2.75, 3.05) is 0 Å². The fraction of sp³-hybridized carbons (Fsp3) is 0. The van der Waals surface area contributed by atoms with E-state index in [1.54, 1.807) is 24.8 Å². The van der Waals surface area contributed by atoms with E-state index in [9.17, 15) is 0 Å². The largest absolute Gasteiger partial charge is 0.265 e. The van der Waals surface area contributed by atoms with Crippen LogP contribution in [-0.4, -0.2) is 54.8 Å². The van der Waals surface area contributed by atoms with Crippen molar-refractivity contribution in [2.45, 2.75) is 0 Å². The number of aromatic nitrogens is 11. The number of benzene rings is 16. The number of nitrogens with zero attached hydrogens (tertiary/aromatic N) is 11. The lowest BCUT2D eigenvalue weighted by atomic mass is 9.94. The molecule has 0 radical (unpaired) electrons. The molecular formula is C115H67N11S3. The second-order valence-electron chi connectivity index (χ2n) is 32.1. The Morgan fingerprint density at radius 3 is 0.822 bits per heavy atom. The molecule has 0 saturated heterocycles. The highest BCUT2D eigenvalue weighted by atomic mass is 32.1. The molecule has 0 aliphatic rings. The molecule has 11 nitrogen and oxygen atoms in total. The Kier molecular flexibility index (Phi) is 18.2. The fourth-order valence-corrected chi connectivity index (χ4v) is 22.6. The third kappa shape index (κ3) is 12.9. The third-order valence-corrected chi connectivity index (χ3v) is 28.2. The molecule has 0 N–H and O–H groups in total. The van der Waals surface area contributed by atoms with Gasteiger partial charge < -0.3 is 0 Å². The number of thiophene rings is 3. The van der Waals surface area contributed by atoms with Crippen LogP contribution in [0.15, 0.2) is 407 Å². The molecule has 0 saturated carbocycles. The van der Waals surface area contributed by atoms with Crippen LogP contribution in [0, 0.1) is 0 Å². The Bertz CT molecular complexity index is 8180. The summed E-state index contributed by atoms with van der Waals surface area (Å²) in [5.41, 5.74) is 16.0. The molecular weight excluding hydrogens is 1630 g/mol. The second kappa shape index (κ2) is 31.3. The molecule has 600 valence electrons. The molecule has 11 aromatic heterocycles. The highest BCUT2D eigenvalue weighted by Crippen LogP contribution is 2.52. The predicted molar refractivity (Wildman–Crippen MR) is 540 cm³/mol. The van der Waals surface area contributed by atoms with Crippen molar-refractivity contribution in [3.8, 4) is 102 Å². The molecule has 0 fully saturated rings. The summed E-state index contributed by atoms with van der Waals surface area (Å²) in [7, 11) is 0. The minimum atomic E-state index is 0.561. The van der Waals surface area contributed by atoms with Crippen LogP contribution >= 0.6 is 34.0 Å². The quantitative estimate of drug-likeness (QED) is 0.127. The number of hydrogen-bond acceptors (Lipinski definition) is 14. The van der Waals surface area contributed by atoms with Gasteiger partial charge in [-0.2, -0.15) is 0 Å². The predicted octanol–water partition coefficient (Wildman–Crippen LogP) is 30.9. The maximum Gasteiger partial charge on any atom is 0.183 e. The van der Waals surface area contributed by atoms with Crippen molar-refractivity contribution in [3.05, 3.63) is 407 Å². The van der Waals surface area contributed by atoms with E-state index in [0.717, 1.165) is 128 Å². The molecule has 0 atom stereocenters. The highest BCUT2D eigenvalue weighted by molar-refractivity contribution is 7.28. The van der Waals surface area contributed by atoms with E-state index in [-0.39, 0.29) is 0 Å². The molecule has 0 bridgehead atoms. The van der Waals surface area contributed by atoms with Crippen LogP contribution < -0.4 is 0 Å². The SMILES string of the molecule is c1ccc(-c2cc(-c3nc4c5ccccc5c5c6ccccc6sc5c4c4ccccc34)cc(-c3ccccc3)n2)cc1.c1ccc(-c2nc(-c3ccccc3)nc(-c3nc4c5ccccc5c5c6ccccc6sc5c4c4ccccc34)n2)cc1.c1ccc2c(c1)sc1c2c2ccccc2c2nc(-c3cc(-c4ccncc4)nc(-c4ccncc4)n3)c3ccccc3c21. The van der Waals surface area contributed by atoms with E-state index in [1.807, 2.05) is 137 Å². The smallest absolute Gasteiger partial charge is 0.183 e. The van der Waals surface area contributed by atoms with Crippen LogP contribution in [0.5, 0.6) is 0 Å². The van der Waals surface area contributed by atoms with Crippen LogP contribution in [0.3, 0.4) is 0 Å². The first-order valence-corrected chi connectivity index (χ1v) is 45.3. The molecule has 27 rings (SSSR count). The van der Waals surface area contributed by atoms with Crippen molar-refractivity contribution in [1.82, 2.24) is 54.8 Å². The summed E-state index contributed by atoms with van der Waals surface area (Å²) < 4.78 is 7.69. The van der Waals surface area contributed by atoms with Crippen LogP contribution in [0.25, 0.3) is 260 Å². The summed E-state index contributed by atoms with van der Waals surface area (Å²) in [5.74, 6) is 2.44. The Hall–Kier alpha value is -16.5. The summed E-state index contributed by atoms with van der Waals surface area (Å²) in [4.78, 5) is 55.1. The van der Waals surface area contributed by atoms with Gasteiger partial charge in [0.25, 0.3) is 0 Å². The molecule has 0 aliphatic carbocycles. The molecule has 129 heavy (non-hydrogen) atoms. The Morgan fingerprint density at radius 1 is 0.155 bits per heavy atom. The average Bonchev–Trinajstić information content (AvgIpc) is 1.64. The van der Waals surface area contributed by atoms with Gasteiger partial charge in [0.15, 0.2) is 23.3 Å². The highest BCUT2D eigenvalue weighted by Gasteiger charge is 2.27. The third-order valence-electron chi connectivity index (χ3n) is 24.6. The van der Waals surface area contributed by atoms with Crippen LogP contribution in [-0.2, 0) is 0 Å². The average molecular weight is 1700 g/mol. The zero-order valence-corrected chi connectivity index (χ0v) is 71.3. The number of hydrogen-bond donors (Lipinski definition) is 0. The van der Waals surface area contributed by atoms with Gasteiger partial charge in [0.1, 0.15) is 5.69 Å². The van der Waals surface area contributed by atoms with Crippen molar-refractivity contribution in [3.63, 3.8) is 0 Å². The van der Waals surface area contributed by atoms with Crippen molar-refractivity contribution in [1.29, 1.82) is 0 Å². The lowest BCUT2D eigenvalue weighted by Crippen LogP contribution is -2.02. The zero-order valence-electron chi connectivity index (χ0n) is 68.8. The van der Waals surface area contributed by atoms with E-state index in [1.165, 1.54) is 109 Å². The van der Waals surface area contributed by atoms with E-state index in [4.69, 9.17) is 44.9 Å². The van der Waals surface area contributed by atoms with Crippen LogP contribution in [0.1, 0.15) is 0 Å². The zero-order chi connectivity index (χ0) is 85.0. The number of fused-ring (bicyclic) bond motifs is 30. The van der Waals surface area contributed by atoms with Gasteiger partial charge in [-0.15, -0.1) is 34.0 Å². The maximum atomic E-state index is 5.57. The molecule has 0 spiro atoms. The van der Waals surface area contributed by atoms with Gasteiger partial charge in [0.2, 0.25) is 0 Å². The summed E-state index contributed by atoms with van der Waals surface area (Å²) >= 11 is 5.56. The summed E-state index contributed by atoms with van der Waals surface area (Å²) in [6.07, 6.45) is 7.11. The van der Waals surface area contributed by atoms with Crippen LogP contribution in [0.2, 0.25) is 0 Å². The second-order valence-corrected chi connectivity index (χ2v) is 35.2. The first kappa shape index (κ1) is 75.1. The summed E-state index contributed by atoms with van der Waals surface area (Å²) in [5, 5.41) is 25.3. The maximum absolute atomic E-state index is 5.57. The van der Waals surface area contributed by atoms with Gasteiger partial charge in [0, 0.05) is 173 Å². The molecule has 14 heteroatoms. The Balaban J connectivity index is 0.000000105. The van der Waals surface area contributed by atoms with Gasteiger partial charge in [0.05, 0.1) is 50.7 Å². The Labute approximate surface area is 750 Å². The van der Waals surface area contributed by atoms with Crippen molar-refractivity contribution >= 4 is 192 Å². The minimum Gasteiger partial charge on any atom is -0.265 e. The van der Waals surface area contributed by atoms with E-state index >= 15 is 0 Å². The first-order chi connectivity index (χ1) is 64.0. The lowest BCUT2D eigenvalue weighted by molar-refractivity contribution is 1.07. The van der Waals surface area contributed by atoms with Gasteiger partial charge in [-0.3, -0.25) is 9.97 Å². The fourth-order valence-electron chi connectivity index (χ4n) is 18.8. The van der Waals surface area contributed by atoms with Crippen molar-refractivity contribution < 1.29 is 0 Å². The van der Waals surface area contributed by atoms with E-state index < -0.39 is 0 Å². The van der Waals surface area contributed by atoms with Gasteiger partial charge in [-0.1, -0.05) is 322 Å². The summed E-state index contributed by atoms with van der Waals surface area (Å²) in [6, 6.07) is 133. The minimum absolute atomic E-state index is 0.561. The number of rotatable bonds is 9. The summed E-state index contributed by atoms with van der Waals surface area (Å²) in [6.45, 7) is 0. The van der Waals surface area contributed by atoms with Gasteiger partial charge in [-0.25, -0.2) is 44.9 Å².